The first kappa shape index (κ1) is 14.4. The van der Waals surface area contributed by atoms with Crippen LogP contribution in [0.15, 0.2) is 9.64 Å². The first-order valence-corrected chi connectivity index (χ1v) is 7.51. The molecule has 0 fully saturated rings. The Morgan fingerprint density at radius 1 is 1.41 bits per heavy atom. The molecule has 1 heterocycles. The zero-order valence-corrected chi connectivity index (χ0v) is 11.3. The summed E-state index contributed by atoms with van der Waals surface area (Å²) in [4.78, 5) is 1.90. The smallest absolute Gasteiger partial charge is 0.276 e. The van der Waals surface area contributed by atoms with Crippen molar-refractivity contribution in [1.29, 1.82) is 0 Å². The second-order valence-electron chi connectivity index (χ2n) is 3.69. The van der Waals surface area contributed by atoms with E-state index in [0.717, 1.165) is 0 Å². The topological polar surface area (TPSA) is 96.5 Å². The summed E-state index contributed by atoms with van der Waals surface area (Å²) in [6.07, 6.45) is 0.342. The van der Waals surface area contributed by atoms with Crippen molar-refractivity contribution >= 4 is 21.9 Å². The molecule has 17 heavy (non-hydrogen) atoms. The minimum atomic E-state index is -3.88. The quantitative estimate of drug-likeness (QED) is 0.438. The van der Waals surface area contributed by atoms with Crippen LogP contribution in [0.25, 0.3) is 0 Å². The lowest BCUT2D eigenvalue weighted by Gasteiger charge is -2.03. The van der Waals surface area contributed by atoms with Gasteiger partial charge < -0.3 is 9.32 Å². The second-order valence-corrected chi connectivity index (χ2v) is 6.31. The van der Waals surface area contributed by atoms with Crippen molar-refractivity contribution < 1.29 is 17.4 Å². The third-order valence-electron chi connectivity index (χ3n) is 1.67. The molecule has 0 aliphatic rings. The van der Waals surface area contributed by atoms with E-state index in [4.69, 9.17) is 8.97 Å². The van der Waals surface area contributed by atoms with Crippen LogP contribution in [0.1, 0.15) is 12.3 Å². The summed E-state index contributed by atoms with van der Waals surface area (Å²) in [5.41, 5.74) is 0. The molecular formula is C8H15N3O4S2. The highest BCUT2D eigenvalue weighted by atomic mass is 32.2. The third kappa shape index (κ3) is 6.61. The molecular weight excluding hydrogens is 266 g/mol. The van der Waals surface area contributed by atoms with E-state index < -0.39 is 10.1 Å². The van der Waals surface area contributed by atoms with Gasteiger partial charge in [-0.05, 0) is 20.5 Å². The van der Waals surface area contributed by atoms with Gasteiger partial charge in [-0.25, -0.2) is 0 Å². The molecule has 0 unspecified atom stereocenters. The van der Waals surface area contributed by atoms with Crippen LogP contribution in [0.4, 0.5) is 0 Å². The highest BCUT2D eigenvalue weighted by molar-refractivity contribution is 7.99. The predicted octanol–water partition coefficient (Wildman–Crippen LogP) is 0.501. The molecule has 0 saturated carbocycles. The third-order valence-corrected chi connectivity index (χ3v) is 3.38. The number of thioether (sulfide) groups is 1. The van der Waals surface area contributed by atoms with Gasteiger partial charge in [0.25, 0.3) is 15.3 Å². The Morgan fingerprint density at radius 2 is 2.12 bits per heavy atom. The van der Waals surface area contributed by atoms with Crippen LogP contribution in [0.2, 0.25) is 0 Å². The Morgan fingerprint density at radius 3 is 2.71 bits per heavy atom. The van der Waals surface area contributed by atoms with Gasteiger partial charge in [0.15, 0.2) is 0 Å². The van der Waals surface area contributed by atoms with E-state index in [0.29, 0.717) is 29.8 Å². The van der Waals surface area contributed by atoms with E-state index in [9.17, 15) is 8.42 Å². The number of nitrogens with zero attached hydrogens (tertiary/aromatic N) is 3. The van der Waals surface area contributed by atoms with Crippen LogP contribution in [0.5, 0.6) is 0 Å². The zero-order chi connectivity index (χ0) is 12.9. The SMILES string of the molecule is CN(C)Cc1nnc(SCCCS(=O)(=O)O)o1. The molecule has 0 aromatic carbocycles. The normalized spacial score (nSPS) is 12.2. The zero-order valence-electron chi connectivity index (χ0n) is 9.66. The Kier molecular flexibility index (Phi) is 5.37. The van der Waals surface area contributed by atoms with Crippen molar-refractivity contribution in [3.63, 3.8) is 0 Å². The summed E-state index contributed by atoms with van der Waals surface area (Å²) in [5.74, 6) is 0.773. The van der Waals surface area contributed by atoms with Gasteiger partial charge in [0.05, 0.1) is 12.3 Å². The van der Waals surface area contributed by atoms with Crippen molar-refractivity contribution in [2.45, 2.75) is 18.2 Å². The van der Waals surface area contributed by atoms with Gasteiger partial charge in [-0.3, -0.25) is 4.55 Å². The second kappa shape index (κ2) is 6.34. The summed E-state index contributed by atoms with van der Waals surface area (Å²) >= 11 is 1.27. The first-order valence-electron chi connectivity index (χ1n) is 4.92. The summed E-state index contributed by atoms with van der Waals surface area (Å²) in [6.45, 7) is 0.568. The molecule has 0 amide bonds. The molecule has 9 heteroatoms. The van der Waals surface area contributed by atoms with Gasteiger partial charge in [-0.15, -0.1) is 10.2 Å². The molecule has 1 aromatic rings. The maximum atomic E-state index is 10.5. The summed E-state index contributed by atoms with van der Waals surface area (Å²) < 4.78 is 34.8. The number of hydrogen-bond donors (Lipinski definition) is 1. The van der Waals surface area contributed by atoms with Crippen LogP contribution in [-0.2, 0) is 16.7 Å². The monoisotopic (exact) mass is 281 g/mol. The Bertz CT molecular complexity index is 443. The van der Waals surface area contributed by atoms with Gasteiger partial charge in [0.1, 0.15) is 0 Å². The highest BCUT2D eigenvalue weighted by Gasteiger charge is 2.08. The minimum absolute atomic E-state index is 0.251. The van der Waals surface area contributed by atoms with Crippen LogP contribution >= 0.6 is 11.8 Å². The van der Waals surface area contributed by atoms with Crippen LogP contribution in [0.3, 0.4) is 0 Å². The molecule has 7 nitrogen and oxygen atoms in total. The maximum Gasteiger partial charge on any atom is 0.276 e. The van der Waals surface area contributed by atoms with E-state index >= 15 is 0 Å². The van der Waals surface area contributed by atoms with Crippen molar-refractivity contribution in [2.24, 2.45) is 0 Å². The van der Waals surface area contributed by atoms with E-state index in [1.165, 1.54) is 11.8 Å². The molecule has 1 aromatic heterocycles. The Balaban J connectivity index is 2.30. The summed E-state index contributed by atoms with van der Waals surface area (Å²) in [6, 6.07) is 0. The fourth-order valence-corrected chi connectivity index (χ4v) is 2.44. The lowest BCUT2D eigenvalue weighted by atomic mass is 10.6. The van der Waals surface area contributed by atoms with Gasteiger partial charge in [-0.1, -0.05) is 11.8 Å². The largest absolute Gasteiger partial charge is 0.415 e. The van der Waals surface area contributed by atoms with E-state index in [1.807, 2.05) is 19.0 Å². The molecule has 1 N–H and O–H groups in total. The average Bonchev–Trinajstić information content (AvgIpc) is 2.58. The van der Waals surface area contributed by atoms with Gasteiger partial charge in [-0.2, -0.15) is 8.42 Å². The van der Waals surface area contributed by atoms with Gasteiger partial charge in [0.2, 0.25) is 5.89 Å². The molecule has 0 bridgehead atoms. The highest BCUT2D eigenvalue weighted by Crippen LogP contribution is 2.17. The average molecular weight is 281 g/mol. The maximum absolute atomic E-state index is 10.5. The van der Waals surface area contributed by atoms with Crippen molar-refractivity contribution in [1.82, 2.24) is 15.1 Å². The fraction of sp³-hybridized carbons (Fsp3) is 0.750. The van der Waals surface area contributed by atoms with Crippen molar-refractivity contribution in [3.05, 3.63) is 5.89 Å². The van der Waals surface area contributed by atoms with Crippen molar-refractivity contribution in [3.8, 4) is 0 Å². The van der Waals surface area contributed by atoms with E-state index in [2.05, 4.69) is 10.2 Å². The van der Waals surface area contributed by atoms with Crippen LogP contribution < -0.4 is 0 Å². The van der Waals surface area contributed by atoms with E-state index in [1.54, 1.807) is 0 Å². The van der Waals surface area contributed by atoms with Crippen LogP contribution in [-0.4, -0.2) is 53.7 Å². The predicted molar refractivity (Wildman–Crippen MR) is 63.4 cm³/mol. The standard InChI is InChI=1S/C8H15N3O4S2/c1-11(2)6-7-9-10-8(15-7)16-4-3-5-17(12,13)14/h3-6H2,1-2H3,(H,12,13,14). The lowest BCUT2D eigenvalue weighted by molar-refractivity contribution is 0.319. The fourth-order valence-electron chi connectivity index (χ4n) is 1.03. The summed E-state index contributed by atoms with van der Waals surface area (Å²) in [7, 11) is -0.0919. The number of rotatable bonds is 7. The molecule has 98 valence electrons. The molecule has 0 aliphatic carbocycles. The minimum Gasteiger partial charge on any atom is -0.415 e. The van der Waals surface area contributed by atoms with Crippen LogP contribution in [0, 0.1) is 0 Å². The molecule has 1 rings (SSSR count). The molecule has 0 spiro atoms. The number of aromatic nitrogens is 2. The Hall–Kier alpha value is -0.640. The van der Waals surface area contributed by atoms with E-state index in [-0.39, 0.29) is 5.75 Å². The Labute approximate surface area is 104 Å². The van der Waals surface area contributed by atoms with Gasteiger partial charge in [0, 0.05) is 5.75 Å². The first-order chi connectivity index (χ1) is 7.87. The lowest BCUT2D eigenvalue weighted by Crippen LogP contribution is -2.10. The molecule has 0 atom stereocenters. The molecule has 0 saturated heterocycles. The summed E-state index contributed by atoms with van der Waals surface area (Å²) in [5, 5.41) is 8.06. The van der Waals surface area contributed by atoms with Crippen molar-refractivity contribution in [2.75, 3.05) is 25.6 Å². The van der Waals surface area contributed by atoms with Gasteiger partial charge >= 0.3 is 0 Å². The molecule has 0 radical (unpaired) electrons. The molecule has 0 aliphatic heterocycles. The number of hydrogen-bond acceptors (Lipinski definition) is 7.